The highest BCUT2D eigenvalue weighted by molar-refractivity contribution is 5.86. The van der Waals surface area contributed by atoms with E-state index in [1.807, 2.05) is 18.2 Å². The maximum atomic E-state index is 11.2. The van der Waals surface area contributed by atoms with Gasteiger partial charge in [0, 0.05) is 36.1 Å². The van der Waals surface area contributed by atoms with Gasteiger partial charge in [0.15, 0.2) is 0 Å². The molecule has 2 aromatic carbocycles. The number of carboxylic acids is 1. The Hall–Kier alpha value is -3.38. The van der Waals surface area contributed by atoms with Crippen LogP contribution in [-0.2, 0) is 5.41 Å². The second-order valence-corrected chi connectivity index (χ2v) is 9.70. The van der Waals surface area contributed by atoms with Crippen molar-refractivity contribution in [1.82, 2.24) is 4.98 Å². The number of hydrogen-bond acceptors (Lipinski definition) is 5. The van der Waals surface area contributed by atoms with Gasteiger partial charge in [-0.2, -0.15) is 0 Å². The standard InChI is InChI=1S/C28H32N2O4/c1-28(2,3)23-17-20(7-10-25(23)30-12-4-5-13-30)22-16-19(8-11-26(22)34-15-14-31)21-6-9-24(27(32)33)29-18-21/h6-11,16-18,31H,4-5,12-15H2,1-3H3,(H,32,33). The lowest BCUT2D eigenvalue weighted by Gasteiger charge is -2.29. The highest BCUT2D eigenvalue weighted by atomic mass is 16.5. The third-order valence-electron chi connectivity index (χ3n) is 6.21. The predicted octanol–water partition coefficient (Wildman–Crippen LogP) is 5.38. The Morgan fingerprint density at radius 2 is 1.71 bits per heavy atom. The zero-order valence-electron chi connectivity index (χ0n) is 20.0. The number of nitrogens with zero attached hydrogens (tertiary/aromatic N) is 2. The van der Waals surface area contributed by atoms with E-state index in [9.17, 15) is 9.90 Å². The molecule has 34 heavy (non-hydrogen) atoms. The summed E-state index contributed by atoms with van der Waals surface area (Å²) in [6, 6.07) is 15.8. The molecule has 0 unspecified atom stereocenters. The molecule has 2 heterocycles. The fourth-order valence-corrected chi connectivity index (χ4v) is 4.45. The molecule has 1 aliphatic heterocycles. The van der Waals surface area contributed by atoms with Crippen LogP contribution in [0.4, 0.5) is 5.69 Å². The summed E-state index contributed by atoms with van der Waals surface area (Å²) in [5, 5.41) is 18.5. The molecular weight excluding hydrogens is 428 g/mol. The van der Waals surface area contributed by atoms with Crippen LogP contribution in [0.5, 0.6) is 5.75 Å². The summed E-state index contributed by atoms with van der Waals surface area (Å²) < 4.78 is 5.88. The monoisotopic (exact) mass is 460 g/mol. The largest absolute Gasteiger partial charge is 0.491 e. The van der Waals surface area contributed by atoms with Crippen molar-refractivity contribution in [2.24, 2.45) is 0 Å². The third kappa shape index (κ3) is 5.07. The first kappa shape index (κ1) is 23.8. The predicted molar refractivity (Wildman–Crippen MR) is 135 cm³/mol. The second kappa shape index (κ2) is 9.85. The number of benzene rings is 2. The number of anilines is 1. The topological polar surface area (TPSA) is 82.9 Å². The zero-order chi connectivity index (χ0) is 24.3. The van der Waals surface area contributed by atoms with Gasteiger partial charge in [0.1, 0.15) is 18.1 Å². The van der Waals surface area contributed by atoms with Gasteiger partial charge in [-0.3, -0.25) is 0 Å². The van der Waals surface area contributed by atoms with Crippen molar-refractivity contribution in [2.45, 2.75) is 39.0 Å². The third-order valence-corrected chi connectivity index (χ3v) is 6.21. The Bertz CT molecular complexity index is 1160. The van der Waals surface area contributed by atoms with Crippen LogP contribution in [0.25, 0.3) is 22.3 Å². The molecule has 1 aromatic heterocycles. The van der Waals surface area contributed by atoms with Crippen LogP contribution in [0.15, 0.2) is 54.7 Å². The Labute approximate surface area is 200 Å². The molecule has 6 nitrogen and oxygen atoms in total. The first-order valence-electron chi connectivity index (χ1n) is 11.8. The van der Waals surface area contributed by atoms with Gasteiger partial charge in [0.25, 0.3) is 0 Å². The number of aliphatic hydroxyl groups excluding tert-OH is 1. The van der Waals surface area contributed by atoms with Gasteiger partial charge >= 0.3 is 5.97 Å². The Morgan fingerprint density at radius 3 is 2.32 bits per heavy atom. The summed E-state index contributed by atoms with van der Waals surface area (Å²) in [6.07, 6.45) is 4.02. The van der Waals surface area contributed by atoms with E-state index >= 15 is 0 Å². The van der Waals surface area contributed by atoms with Crippen LogP contribution >= 0.6 is 0 Å². The van der Waals surface area contributed by atoms with Gasteiger partial charge in [0.2, 0.25) is 0 Å². The van der Waals surface area contributed by atoms with E-state index in [0.717, 1.165) is 35.3 Å². The normalized spacial score (nSPS) is 13.8. The SMILES string of the molecule is CC(C)(C)c1cc(-c2cc(-c3ccc(C(=O)O)nc3)ccc2OCCO)ccc1N1CCCC1. The molecule has 1 fully saturated rings. The Morgan fingerprint density at radius 1 is 1.00 bits per heavy atom. The molecule has 178 valence electrons. The van der Waals surface area contributed by atoms with Crippen molar-refractivity contribution >= 4 is 11.7 Å². The Kier molecular flexibility index (Phi) is 6.89. The summed E-state index contributed by atoms with van der Waals surface area (Å²) in [5.74, 6) is -0.352. The van der Waals surface area contributed by atoms with Gasteiger partial charge in [-0.15, -0.1) is 0 Å². The molecule has 1 aliphatic rings. The molecule has 0 aliphatic carbocycles. The lowest BCUT2D eigenvalue weighted by Crippen LogP contribution is -2.23. The summed E-state index contributed by atoms with van der Waals surface area (Å²) in [5.41, 5.74) is 6.26. The summed E-state index contributed by atoms with van der Waals surface area (Å²) in [7, 11) is 0. The molecular formula is C28H32N2O4. The van der Waals surface area contributed by atoms with Crippen molar-refractivity contribution in [3.8, 4) is 28.0 Å². The van der Waals surface area contributed by atoms with Crippen molar-refractivity contribution in [1.29, 1.82) is 0 Å². The summed E-state index contributed by atoms with van der Waals surface area (Å²) >= 11 is 0. The highest BCUT2D eigenvalue weighted by Crippen LogP contribution is 2.40. The summed E-state index contributed by atoms with van der Waals surface area (Å²) in [6.45, 7) is 9.02. The minimum atomic E-state index is -1.05. The number of ether oxygens (including phenoxy) is 1. The van der Waals surface area contributed by atoms with E-state index in [0.29, 0.717) is 5.75 Å². The van der Waals surface area contributed by atoms with E-state index in [1.165, 1.54) is 30.2 Å². The van der Waals surface area contributed by atoms with Gasteiger partial charge in [-0.1, -0.05) is 39.0 Å². The lowest BCUT2D eigenvalue weighted by molar-refractivity contribution is 0.0690. The van der Waals surface area contributed by atoms with Crippen molar-refractivity contribution in [3.63, 3.8) is 0 Å². The number of carbonyl (C=O) groups is 1. The molecule has 3 aromatic rings. The molecule has 1 saturated heterocycles. The quantitative estimate of drug-likeness (QED) is 0.492. The number of aromatic carboxylic acids is 1. The maximum Gasteiger partial charge on any atom is 0.354 e. The smallest absolute Gasteiger partial charge is 0.354 e. The fourth-order valence-electron chi connectivity index (χ4n) is 4.45. The number of carboxylic acid groups (broad SMARTS) is 1. The van der Waals surface area contributed by atoms with Crippen LogP contribution in [0.3, 0.4) is 0 Å². The van der Waals surface area contributed by atoms with E-state index < -0.39 is 5.97 Å². The molecule has 0 radical (unpaired) electrons. The van der Waals surface area contributed by atoms with E-state index in [2.05, 4.69) is 48.9 Å². The van der Waals surface area contributed by atoms with Crippen molar-refractivity contribution < 1.29 is 19.7 Å². The molecule has 2 N–H and O–H groups in total. The van der Waals surface area contributed by atoms with Crippen LogP contribution in [-0.4, -0.2) is 47.5 Å². The van der Waals surface area contributed by atoms with Crippen LogP contribution in [0.2, 0.25) is 0 Å². The number of pyridine rings is 1. The van der Waals surface area contributed by atoms with Gasteiger partial charge in [-0.25, -0.2) is 9.78 Å². The molecule has 0 bridgehead atoms. The maximum absolute atomic E-state index is 11.2. The number of rotatable bonds is 7. The summed E-state index contributed by atoms with van der Waals surface area (Å²) in [4.78, 5) is 17.7. The number of aliphatic hydroxyl groups is 1. The number of aromatic nitrogens is 1. The molecule has 0 spiro atoms. The Balaban J connectivity index is 1.80. The average molecular weight is 461 g/mol. The molecule has 6 heteroatoms. The van der Waals surface area contributed by atoms with Crippen LogP contribution < -0.4 is 9.64 Å². The van der Waals surface area contributed by atoms with E-state index in [-0.39, 0.29) is 24.3 Å². The zero-order valence-corrected chi connectivity index (χ0v) is 20.0. The lowest BCUT2D eigenvalue weighted by atomic mass is 9.83. The van der Waals surface area contributed by atoms with E-state index in [4.69, 9.17) is 9.84 Å². The first-order valence-corrected chi connectivity index (χ1v) is 11.8. The number of hydrogen-bond donors (Lipinski definition) is 2. The fraction of sp³-hybridized carbons (Fsp3) is 0.357. The van der Waals surface area contributed by atoms with E-state index in [1.54, 1.807) is 12.3 Å². The van der Waals surface area contributed by atoms with Crippen molar-refractivity contribution in [2.75, 3.05) is 31.2 Å². The van der Waals surface area contributed by atoms with Crippen LogP contribution in [0.1, 0.15) is 49.7 Å². The average Bonchev–Trinajstić information content (AvgIpc) is 3.37. The first-order chi connectivity index (χ1) is 16.3. The molecule has 0 amide bonds. The van der Waals surface area contributed by atoms with Crippen LogP contribution in [0, 0.1) is 0 Å². The van der Waals surface area contributed by atoms with Gasteiger partial charge in [-0.05, 0) is 65.3 Å². The minimum absolute atomic E-state index is 0.0131. The molecule has 0 atom stereocenters. The highest BCUT2D eigenvalue weighted by Gasteiger charge is 2.24. The molecule has 4 rings (SSSR count). The van der Waals surface area contributed by atoms with Gasteiger partial charge < -0.3 is 19.8 Å². The van der Waals surface area contributed by atoms with Crippen molar-refractivity contribution in [3.05, 3.63) is 66.0 Å². The van der Waals surface area contributed by atoms with Gasteiger partial charge in [0.05, 0.1) is 6.61 Å². The second-order valence-electron chi connectivity index (χ2n) is 9.70. The molecule has 0 saturated carbocycles. The minimum Gasteiger partial charge on any atom is -0.491 e.